The van der Waals surface area contributed by atoms with Crippen molar-refractivity contribution < 1.29 is 51.9 Å². The lowest BCUT2D eigenvalue weighted by Crippen LogP contribution is -2.46. The van der Waals surface area contributed by atoms with E-state index in [4.69, 9.17) is 27.3 Å². The van der Waals surface area contributed by atoms with Crippen LogP contribution in [0.4, 0.5) is 0 Å². The molecule has 0 saturated heterocycles. The number of aliphatic hydroxyl groups excluding tert-OH is 2. The minimum Gasteiger partial charge on any atom is -0.464 e. The first-order valence-corrected chi connectivity index (χ1v) is 35.5. The average Bonchev–Trinajstić information content (AvgIpc) is 3.34. The molecule has 0 aliphatic rings. The molecule has 0 radical (unpaired) electrons. The summed E-state index contributed by atoms with van der Waals surface area (Å²) in [6.07, 6.45) is 37.5. The van der Waals surface area contributed by atoms with Crippen LogP contribution in [-0.4, -0.2) is 99.5 Å². The van der Waals surface area contributed by atoms with E-state index in [1.807, 2.05) is 6.92 Å². The van der Waals surface area contributed by atoms with Gasteiger partial charge in [0.1, 0.15) is 36.1 Å². The van der Waals surface area contributed by atoms with Gasteiger partial charge in [-0.05, 0) is 64.1 Å². The van der Waals surface area contributed by atoms with Gasteiger partial charge in [0.05, 0.1) is 33.0 Å². The molecule has 11 nitrogen and oxygen atoms in total. The van der Waals surface area contributed by atoms with Crippen LogP contribution in [0.5, 0.6) is 0 Å². The van der Waals surface area contributed by atoms with Crippen LogP contribution in [0.15, 0.2) is 0 Å². The molecule has 0 aliphatic heterocycles. The molecule has 0 aliphatic carbocycles. The Morgan fingerprint density at radius 3 is 1.31 bits per heavy atom. The van der Waals surface area contributed by atoms with Crippen molar-refractivity contribution in [2.24, 2.45) is 16.2 Å². The summed E-state index contributed by atoms with van der Waals surface area (Å²) in [7, 11) is 7.03. The van der Waals surface area contributed by atoms with Crippen LogP contribution < -0.4 is 0 Å². The van der Waals surface area contributed by atoms with Gasteiger partial charge in [-0.2, -0.15) is 0 Å². The van der Waals surface area contributed by atoms with Crippen molar-refractivity contribution in [3.63, 3.8) is 0 Å². The molecule has 404 valence electrons. The van der Waals surface area contributed by atoms with E-state index in [1.165, 1.54) is 167 Å². The highest BCUT2D eigenvalue weighted by Crippen LogP contribution is 2.29. The molecule has 0 aromatic rings. The van der Waals surface area contributed by atoms with E-state index >= 15 is 0 Å². The molecule has 2 N–H and O–H groups in total. The SMILES string of the molecule is CCCCCCCCCCCCCCCC/P=[SH](=P)/OCC(C)(CO)C(=O)OCC(C)(COC(=O)C(C)(CO)CO/S(CCCCCCCCCCCCCCCC)=P/P)C(=O)OCCOCC. The van der Waals surface area contributed by atoms with Crippen LogP contribution in [0.25, 0.3) is 0 Å². The van der Waals surface area contributed by atoms with E-state index in [2.05, 4.69) is 30.8 Å². The maximum Gasteiger partial charge on any atom is 0.318 e. The molecule has 0 saturated carbocycles. The zero-order chi connectivity index (χ0) is 50.6. The fourth-order valence-corrected chi connectivity index (χ4v) is 14.5. The van der Waals surface area contributed by atoms with Crippen molar-refractivity contribution in [3.8, 4) is 0 Å². The molecule has 68 heavy (non-hydrogen) atoms. The van der Waals surface area contributed by atoms with Gasteiger partial charge >= 0.3 is 17.9 Å². The molecule has 0 bridgehead atoms. The molecule has 0 fully saturated rings. The van der Waals surface area contributed by atoms with Crippen molar-refractivity contribution in [2.75, 3.05) is 71.4 Å². The zero-order valence-electron chi connectivity index (χ0n) is 44.0. The molecule has 6 unspecified atom stereocenters. The van der Waals surface area contributed by atoms with Gasteiger partial charge < -0.3 is 37.5 Å². The second kappa shape index (κ2) is 45.8. The standard InChI is InChI=1S/C51H102O11P4S2/c1-7-10-12-14-16-18-20-22-24-26-28-30-32-34-38-65-68(64)62-45-50(5,41-53)47(55)60-43-51(6,48(56)58-37-36-57-9-3)42-59-46(54)49(4,40-52)44-61-67(66-63)39-35-33-31-29-27-25-23-21-19-17-15-13-11-8-2/h52-53,64,68H,7-45,63H2,1-6H3. The monoisotopic (exact) mass is 1080 g/mol. The highest BCUT2D eigenvalue weighted by atomic mass is 32.7. The molecule has 0 rings (SSSR count). The summed E-state index contributed by atoms with van der Waals surface area (Å²) in [6, 6.07) is 0. The van der Waals surface area contributed by atoms with Crippen molar-refractivity contribution >= 4 is 69.1 Å². The van der Waals surface area contributed by atoms with Gasteiger partial charge in [0, 0.05) is 12.4 Å². The van der Waals surface area contributed by atoms with Crippen molar-refractivity contribution in [3.05, 3.63) is 0 Å². The van der Waals surface area contributed by atoms with E-state index in [9.17, 15) is 24.6 Å². The van der Waals surface area contributed by atoms with Gasteiger partial charge in [-0.1, -0.05) is 215 Å². The van der Waals surface area contributed by atoms with Crippen LogP contribution in [0, 0.1) is 16.2 Å². The number of hydrogen-bond donors (Lipinski definition) is 3. The molecular formula is C51H102O11P4S2. The number of aliphatic hydroxyl groups is 2. The summed E-state index contributed by atoms with van der Waals surface area (Å²) in [5.41, 5.74) is -4.39. The minimum absolute atomic E-state index is 0.0440. The second-order valence-corrected chi connectivity index (χ2v) is 30.5. The van der Waals surface area contributed by atoms with E-state index in [0.717, 1.165) is 45.6 Å². The highest BCUT2D eigenvalue weighted by molar-refractivity contribution is 8.36. The summed E-state index contributed by atoms with van der Waals surface area (Å²) < 4.78 is 34.4. The Kier molecular flexibility index (Phi) is 46.0. The van der Waals surface area contributed by atoms with Crippen molar-refractivity contribution in [2.45, 2.75) is 221 Å². The average molecular weight is 1080 g/mol. The first kappa shape index (κ1) is 68.2. The van der Waals surface area contributed by atoms with E-state index in [1.54, 1.807) is 13.8 Å². The van der Waals surface area contributed by atoms with E-state index in [0.29, 0.717) is 6.61 Å². The topological polar surface area (TPSA) is 147 Å². The van der Waals surface area contributed by atoms with Crippen LogP contribution in [-0.2, 0) is 61.6 Å². The number of esters is 3. The summed E-state index contributed by atoms with van der Waals surface area (Å²) in [4.78, 5) is 40.6. The van der Waals surface area contributed by atoms with Gasteiger partial charge in [-0.15, -0.1) is 0 Å². The minimum atomic E-state index is -1.60. The molecule has 0 heterocycles. The molecule has 0 aromatic heterocycles. The Labute approximate surface area is 427 Å². The zero-order valence-corrected chi connectivity index (χ0v) is 49.6. The number of carbonyl (C=O) groups excluding carboxylic acids is 3. The Balaban J connectivity index is 5.00. The first-order chi connectivity index (χ1) is 32.8. The van der Waals surface area contributed by atoms with Gasteiger partial charge in [-0.3, -0.25) is 14.4 Å². The number of hydrogen-bond acceptors (Lipinski definition) is 11. The quantitative estimate of drug-likeness (QED) is 0.0176. The highest BCUT2D eigenvalue weighted by Gasteiger charge is 2.44. The largest absolute Gasteiger partial charge is 0.464 e. The number of carbonyl (C=O) groups is 3. The van der Waals surface area contributed by atoms with Gasteiger partial charge in [0.2, 0.25) is 0 Å². The van der Waals surface area contributed by atoms with Crippen LogP contribution in [0.2, 0.25) is 0 Å². The van der Waals surface area contributed by atoms with Gasteiger partial charge in [-0.25, -0.2) is 0 Å². The second-order valence-electron chi connectivity index (χ2n) is 19.5. The van der Waals surface area contributed by atoms with Crippen LogP contribution in [0.3, 0.4) is 0 Å². The number of rotatable bonds is 49. The van der Waals surface area contributed by atoms with E-state index < -0.39 is 80.5 Å². The third-order valence-corrected chi connectivity index (χ3v) is 21.9. The smallest absolute Gasteiger partial charge is 0.318 e. The maximum absolute atomic E-state index is 13.6. The van der Waals surface area contributed by atoms with E-state index in [-0.39, 0.29) is 26.4 Å². The normalized spacial score (nSPS) is 15.4. The van der Waals surface area contributed by atoms with Crippen molar-refractivity contribution in [1.29, 1.82) is 0 Å². The lowest BCUT2D eigenvalue weighted by Gasteiger charge is -2.31. The molecular weight excluding hydrogens is 977 g/mol. The maximum atomic E-state index is 13.6. The number of unbranched alkanes of at least 4 members (excludes halogenated alkanes) is 26. The Morgan fingerprint density at radius 1 is 0.529 bits per heavy atom. The summed E-state index contributed by atoms with van der Waals surface area (Å²) in [5, 5.41) is 20.7. The van der Waals surface area contributed by atoms with Gasteiger partial charge in [0.25, 0.3) is 0 Å². The predicted molar refractivity (Wildman–Crippen MR) is 298 cm³/mol. The fourth-order valence-electron chi connectivity index (χ4n) is 7.28. The Morgan fingerprint density at radius 2 is 0.912 bits per heavy atom. The Hall–Kier alpha value is 0.240. The number of ether oxygens (including phenoxy) is 4. The summed E-state index contributed by atoms with van der Waals surface area (Å²) >= 11 is 0. The summed E-state index contributed by atoms with van der Waals surface area (Å²) in [6.45, 7) is 9.38. The predicted octanol–water partition coefficient (Wildman–Crippen LogP) is 14.0. The third-order valence-electron chi connectivity index (χ3n) is 12.4. The summed E-state index contributed by atoms with van der Waals surface area (Å²) in [5.74, 6) is -1.38. The molecule has 6 atom stereocenters. The molecule has 0 aromatic carbocycles. The fraction of sp³-hybridized carbons (Fsp3) is 0.941. The molecule has 0 amide bonds. The number of thiol groups is 1. The van der Waals surface area contributed by atoms with Crippen LogP contribution >= 0.6 is 31.3 Å². The van der Waals surface area contributed by atoms with Crippen LogP contribution in [0.1, 0.15) is 221 Å². The Bertz CT molecular complexity index is 1390. The van der Waals surface area contributed by atoms with Gasteiger partial charge in [0.15, 0.2) is 0 Å². The lowest BCUT2D eigenvalue weighted by molar-refractivity contribution is -0.179. The van der Waals surface area contributed by atoms with Crippen molar-refractivity contribution in [1.82, 2.24) is 0 Å². The lowest BCUT2D eigenvalue weighted by atomic mass is 9.90. The first-order valence-electron chi connectivity index (χ1n) is 26.7. The molecule has 17 heteroatoms. The third kappa shape index (κ3) is 35.4. The molecule has 0 spiro atoms.